The van der Waals surface area contributed by atoms with Crippen LogP contribution in [-0.2, 0) is 0 Å². The summed E-state index contributed by atoms with van der Waals surface area (Å²) in [5, 5.41) is 10.8. The van der Waals surface area contributed by atoms with Crippen LogP contribution >= 0.6 is 23.2 Å². The summed E-state index contributed by atoms with van der Waals surface area (Å²) in [5.41, 5.74) is 0.840. The molecule has 7 heteroatoms. The summed E-state index contributed by atoms with van der Waals surface area (Å²) in [6, 6.07) is 5.38. The highest BCUT2D eigenvalue weighted by atomic mass is 35.5. The average Bonchev–Trinajstić information content (AvgIpc) is 2.33. The van der Waals surface area contributed by atoms with E-state index in [0.717, 1.165) is 5.69 Å². The van der Waals surface area contributed by atoms with Crippen molar-refractivity contribution in [2.45, 2.75) is 19.4 Å². The first-order chi connectivity index (χ1) is 8.95. The van der Waals surface area contributed by atoms with Crippen LogP contribution in [0, 0.1) is 0 Å². The van der Waals surface area contributed by atoms with E-state index in [0.29, 0.717) is 16.0 Å². The van der Waals surface area contributed by atoms with Gasteiger partial charge in [0.05, 0.1) is 10.0 Å². The minimum Gasteiger partial charge on any atom is -0.328 e. The second kappa shape index (κ2) is 5.96. The number of nitrogens with zero attached hydrogens (tertiary/aromatic N) is 2. The maximum Gasteiger partial charge on any atom is 0.199 e. The number of guanidine groups is 1. The lowest BCUT2D eigenvalue weighted by atomic mass is 10.3. The van der Waals surface area contributed by atoms with E-state index in [-0.39, 0.29) is 12.5 Å². The average molecular weight is 302 g/mol. The Hall–Kier alpha value is -1.01. The normalized spacial score (nSPS) is 22.9. The molecule has 0 saturated heterocycles. The second-order valence-electron chi connectivity index (χ2n) is 4.58. The molecule has 3 N–H and O–H groups in total. The Morgan fingerprint density at radius 1 is 1.26 bits per heavy atom. The smallest absolute Gasteiger partial charge is 0.199 e. The van der Waals surface area contributed by atoms with Gasteiger partial charge in [0.1, 0.15) is 12.5 Å². The van der Waals surface area contributed by atoms with Gasteiger partial charge in [0, 0.05) is 5.69 Å². The van der Waals surface area contributed by atoms with Gasteiger partial charge in [-0.05, 0) is 39.2 Å². The van der Waals surface area contributed by atoms with Gasteiger partial charge in [0.25, 0.3) is 0 Å². The Kier molecular flexibility index (Phi) is 4.52. The molecule has 0 aromatic heterocycles. The first-order valence-corrected chi connectivity index (χ1v) is 6.70. The molecule has 2 unspecified atom stereocenters. The molecule has 0 amide bonds. The topological polar surface area (TPSA) is 51.7 Å². The van der Waals surface area contributed by atoms with Gasteiger partial charge in [0.15, 0.2) is 5.96 Å². The van der Waals surface area contributed by atoms with Crippen LogP contribution in [0.4, 0.5) is 5.69 Å². The van der Waals surface area contributed by atoms with Crippen molar-refractivity contribution in [3.63, 3.8) is 0 Å². The van der Waals surface area contributed by atoms with Gasteiger partial charge in [-0.25, -0.2) is 4.99 Å². The number of nitrogens with one attached hydrogen (secondary N) is 3. The third-order valence-electron chi connectivity index (χ3n) is 2.69. The number of hydrogen-bond acceptors (Lipinski definition) is 5. The zero-order chi connectivity index (χ0) is 14.0. The maximum absolute atomic E-state index is 5.99. The van der Waals surface area contributed by atoms with Gasteiger partial charge in [-0.3, -0.25) is 10.2 Å². The van der Waals surface area contributed by atoms with Crippen LogP contribution in [0.1, 0.15) is 6.92 Å². The van der Waals surface area contributed by atoms with Gasteiger partial charge in [-0.2, -0.15) is 0 Å². The Labute approximate surface area is 123 Å². The van der Waals surface area contributed by atoms with E-state index >= 15 is 0 Å². The molecular formula is C12H17Cl2N5. The Morgan fingerprint density at radius 3 is 2.63 bits per heavy atom. The molecular weight excluding hydrogens is 285 g/mol. The van der Waals surface area contributed by atoms with Crippen molar-refractivity contribution in [3.8, 4) is 0 Å². The standard InChI is InChI=1S/C12H17Cl2N5/c1-7-15-11(18-12(16-7)19(2)3)17-8-4-5-9(13)10(14)6-8/h4-7,12,16H,1-3H3,(H2,15,17,18). The number of anilines is 1. The van der Waals surface area contributed by atoms with Crippen molar-refractivity contribution in [3.05, 3.63) is 28.2 Å². The lowest BCUT2D eigenvalue weighted by Gasteiger charge is -2.33. The van der Waals surface area contributed by atoms with Crippen molar-refractivity contribution in [1.29, 1.82) is 0 Å². The molecule has 0 saturated carbocycles. The SMILES string of the molecule is CC1N=C(Nc2ccc(Cl)c(Cl)c2)NC(N(C)C)N1. The molecule has 0 aliphatic carbocycles. The van der Waals surface area contributed by atoms with Gasteiger partial charge in [-0.15, -0.1) is 0 Å². The number of halogens is 2. The van der Waals surface area contributed by atoms with E-state index in [1.54, 1.807) is 12.1 Å². The van der Waals surface area contributed by atoms with Crippen molar-refractivity contribution in [2.75, 3.05) is 19.4 Å². The Balaban J connectivity index is 2.11. The summed E-state index contributed by atoms with van der Waals surface area (Å²) in [6.45, 7) is 1.99. The molecule has 1 heterocycles. The molecule has 5 nitrogen and oxygen atoms in total. The number of rotatable bonds is 2. The molecule has 2 atom stereocenters. The third kappa shape index (κ3) is 3.73. The van der Waals surface area contributed by atoms with Crippen molar-refractivity contribution in [2.24, 2.45) is 4.99 Å². The fourth-order valence-electron chi connectivity index (χ4n) is 1.72. The fourth-order valence-corrected chi connectivity index (χ4v) is 2.02. The summed E-state index contributed by atoms with van der Waals surface area (Å²) in [5.74, 6) is 0.698. The van der Waals surface area contributed by atoms with Crippen LogP contribution in [0.2, 0.25) is 10.0 Å². The quantitative estimate of drug-likeness (QED) is 0.783. The van der Waals surface area contributed by atoms with Gasteiger partial charge in [0.2, 0.25) is 0 Å². The molecule has 2 rings (SSSR count). The summed E-state index contributed by atoms with van der Waals surface area (Å²) in [7, 11) is 3.97. The highest BCUT2D eigenvalue weighted by Gasteiger charge is 2.20. The molecule has 1 aromatic carbocycles. The molecule has 0 bridgehead atoms. The molecule has 1 aliphatic heterocycles. The van der Waals surface area contributed by atoms with Crippen LogP contribution < -0.4 is 16.0 Å². The summed E-state index contributed by atoms with van der Waals surface area (Å²) in [4.78, 5) is 6.47. The van der Waals surface area contributed by atoms with Crippen LogP contribution in [0.25, 0.3) is 0 Å². The predicted molar refractivity (Wildman–Crippen MR) is 80.7 cm³/mol. The van der Waals surface area contributed by atoms with Crippen molar-refractivity contribution < 1.29 is 0 Å². The fraction of sp³-hybridized carbons (Fsp3) is 0.417. The second-order valence-corrected chi connectivity index (χ2v) is 5.40. The van der Waals surface area contributed by atoms with Crippen LogP contribution in [0.15, 0.2) is 23.2 Å². The molecule has 19 heavy (non-hydrogen) atoms. The zero-order valence-corrected chi connectivity index (χ0v) is 12.5. The van der Waals surface area contributed by atoms with Gasteiger partial charge >= 0.3 is 0 Å². The first kappa shape index (κ1) is 14.4. The highest BCUT2D eigenvalue weighted by Crippen LogP contribution is 2.25. The summed E-state index contributed by atoms with van der Waals surface area (Å²) >= 11 is 11.9. The number of hydrogen-bond donors (Lipinski definition) is 3. The summed E-state index contributed by atoms with van der Waals surface area (Å²) in [6.07, 6.45) is 0.0525. The third-order valence-corrected chi connectivity index (χ3v) is 3.43. The monoisotopic (exact) mass is 301 g/mol. The van der Waals surface area contributed by atoms with Crippen LogP contribution in [-0.4, -0.2) is 37.4 Å². The molecule has 0 radical (unpaired) electrons. The lowest BCUT2D eigenvalue weighted by molar-refractivity contribution is 0.203. The molecule has 0 spiro atoms. The van der Waals surface area contributed by atoms with E-state index in [4.69, 9.17) is 23.2 Å². The lowest BCUT2D eigenvalue weighted by Crippen LogP contribution is -2.61. The minimum atomic E-state index is 0.0257. The van der Waals surface area contributed by atoms with Crippen molar-refractivity contribution >= 4 is 34.8 Å². The zero-order valence-electron chi connectivity index (χ0n) is 11.0. The Bertz CT molecular complexity index is 489. The molecule has 1 aromatic rings. The van der Waals surface area contributed by atoms with Crippen LogP contribution in [0.3, 0.4) is 0 Å². The minimum absolute atomic E-state index is 0.0257. The van der Waals surface area contributed by atoms with E-state index < -0.39 is 0 Å². The van der Waals surface area contributed by atoms with Gasteiger partial charge < -0.3 is 10.6 Å². The molecule has 1 aliphatic rings. The van der Waals surface area contributed by atoms with E-state index in [1.807, 2.05) is 32.0 Å². The molecule has 104 valence electrons. The Morgan fingerprint density at radius 2 is 2.00 bits per heavy atom. The predicted octanol–water partition coefficient (Wildman–Crippen LogP) is 2.15. The number of benzene rings is 1. The largest absolute Gasteiger partial charge is 0.328 e. The van der Waals surface area contributed by atoms with Crippen molar-refractivity contribution in [1.82, 2.24) is 15.5 Å². The van der Waals surface area contributed by atoms with Gasteiger partial charge in [-0.1, -0.05) is 23.2 Å². The van der Waals surface area contributed by atoms with E-state index in [1.165, 1.54) is 0 Å². The number of aliphatic imine (C=N–C) groups is 1. The maximum atomic E-state index is 5.99. The first-order valence-electron chi connectivity index (χ1n) is 5.94. The van der Waals surface area contributed by atoms with E-state index in [9.17, 15) is 0 Å². The van der Waals surface area contributed by atoms with E-state index in [2.05, 4.69) is 20.9 Å². The highest BCUT2D eigenvalue weighted by molar-refractivity contribution is 6.42. The van der Waals surface area contributed by atoms with Crippen LogP contribution in [0.5, 0.6) is 0 Å². The summed E-state index contributed by atoms with van der Waals surface area (Å²) < 4.78 is 0. The molecule has 0 fully saturated rings.